The fourth-order valence-electron chi connectivity index (χ4n) is 8.22. The van der Waals surface area contributed by atoms with Crippen molar-refractivity contribution in [2.24, 2.45) is 0 Å². The number of halogens is 2. The summed E-state index contributed by atoms with van der Waals surface area (Å²) in [5.74, 6) is 0. The van der Waals surface area contributed by atoms with Gasteiger partial charge in [0.1, 0.15) is 0 Å². The average molecular weight is 797 g/mol. The number of hydrogen-bond donors (Lipinski definition) is 0. The monoisotopic (exact) mass is 794 g/mol. The zero-order valence-corrected chi connectivity index (χ0v) is 33.2. The molecular weight excluding hydrogens is 748 g/mol. The van der Waals surface area contributed by atoms with E-state index >= 15 is 0 Å². The number of fused-ring (bicyclic) bond motifs is 3. The predicted octanol–water partition coefficient (Wildman–Crippen LogP) is 16.1. The third-order valence-electron chi connectivity index (χ3n) is 11.1. The molecule has 0 saturated carbocycles. The minimum Gasteiger partial charge on any atom is -0.0654 e. The van der Waals surface area contributed by atoms with E-state index in [0.29, 0.717) is 0 Å². The van der Waals surface area contributed by atoms with Crippen LogP contribution in [0.2, 0.25) is 0 Å². The molecule has 1 aliphatic carbocycles. The third-order valence-corrected chi connectivity index (χ3v) is 12.1. The van der Waals surface area contributed by atoms with Crippen LogP contribution in [0.3, 0.4) is 0 Å². The van der Waals surface area contributed by atoms with Crippen LogP contribution < -0.4 is 0 Å². The van der Waals surface area contributed by atoms with E-state index in [1.807, 2.05) is 0 Å². The van der Waals surface area contributed by atoms with Crippen LogP contribution in [-0.4, -0.2) is 0 Å². The van der Waals surface area contributed by atoms with Gasteiger partial charge in [-0.15, -0.1) is 0 Å². The van der Waals surface area contributed by atoms with Crippen molar-refractivity contribution in [1.29, 1.82) is 0 Å². The Morgan fingerprint density at radius 1 is 0.353 bits per heavy atom. The van der Waals surface area contributed by atoms with Crippen molar-refractivity contribution in [3.8, 4) is 55.6 Å². The van der Waals surface area contributed by atoms with E-state index in [1.54, 1.807) is 11.1 Å². The number of benzene rings is 6. The van der Waals surface area contributed by atoms with Crippen molar-refractivity contribution in [2.75, 3.05) is 0 Å². The lowest BCUT2D eigenvalue weighted by atomic mass is 9.70. The lowest BCUT2D eigenvalue weighted by Gasteiger charge is -2.33. The lowest BCUT2D eigenvalue weighted by molar-refractivity contribution is 0.401. The zero-order valence-electron chi connectivity index (χ0n) is 30.0. The van der Waals surface area contributed by atoms with Gasteiger partial charge in [-0.25, -0.2) is 0 Å². The molecule has 51 heavy (non-hydrogen) atoms. The highest BCUT2D eigenvalue weighted by atomic mass is 79.9. The van der Waals surface area contributed by atoms with Gasteiger partial charge in [0.05, 0.1) is 0 Å². The van der Waals surface area contributed by atoms with Crippen LogP contribution in [0, 0.1) is 0 Å². The molecule has 0 atom stereocenters. The Bertz CT molecular complexity index is 1900. The molecule has 258 valence electrons. The number of rotatable bonds is 14. The van der Waals surface area contributed by atoms with Crippen molar-refractivity contribution in [3.05, 3.63) is 154 Å². The lowest BCUT2D eigenvalue weighted by Crippen LogP contribution is -2.25. The first-order chi connectivity index (χ1) is 25.0. The average Bonchev–Trinajstić information content (AvgIpc) is 3.44. The second-order valence-corrected chi connectivity index (χ2v) is 16.2. The summed E-state index contributed by atoms with van der Waals surface area (Å²) in [5, 5.41) is 0. The standard InChI is InChI=1S/C49H48Br2/c1-3-5-7-9-31-49(32-10-8-6-4-2)47-33-41(39-15-11-35(12-16-39)37-19-25-43(50)26-20-37)23-29-45(47)46-30-24-42(34-48(46)49)40-17-13-36(14-18-40)38-21-27-44(51)28-22-38/h11-30,33-34H,3-10,31-32H2,1-2H3. The summed E-state index contributed by atoms with van der Waals surface area (Å²) in [6.45, 7) is 4.65. The van der Waals surface area contributed by atoms with E-state index in [9.17, 15) is 0 Å². The van der Waals surface area contributed by atoms with Crippen molar-refractivity contribution in [1.82, 2.24) is 0 Å². The first-order valence-corrected chi connectivity index (χ1v) is 20.6. The molecule has 7 rings (SSSR count). The van der Waals surface area contributed by atoms with E-state index in [1.165, 1.54) is 120 Å². The molecule has 0 aromatic heterocycles. The highest BCUT2D eigenvalue weighted by molar-refractivity contribution is 9.10. The van der Waals surface area contributed by atoms with Crippen LogP contribution in [0.1, 0.15) is 89.2 Å². The smallest absolute Gasteiger partial charge is 0.0215 e. The highest BCUT2D eigenvalue weighted by Gasteiger charge is 2.42. The van der Waals surface area contributed by atoms with Gasteiger partial charge in [-0.3, -0.25) is 0 Å². The van der Waals surface area contributed by atoms with Crippen LogP contribution in [0.15, 0.2) is 142 Å². The molecule has 0 amide bonds. The first kappa shape index (κ1) is 35.7. The molecule has 0 bridgehead atoms. The topological polar surface area (TPSA) is 0 Å². The summed E-state index contributed by atoms with van der Waals surface area (Å²) >= 11 is 7.16. The highest BCUT2D eigenvalue weighted by Crippen LogP contribution is 2.56. The van der Waals surface area contributed by atoms with E-state index in [4.69, 9.17) is 0 Å². The van der Waals surface area contributed by atoms with Crippen LogP contribution >= 0.6 is 31.9 Å². The second kappa shape index (κ2) is 16.3. The minimum atomic E-state index is 0.0207. The number of unbranched alkanes of at least 4 members (excludes halogenated alkanes) is 6. The van der Waals surface area contributed by atoms with Gasteiger partial charge >= 0.3 is 0 Å². The molecule has 0 radical (unpaired) electrons. The molecule has 2 heteroatoms. The van der Waals surface area contributed by atoms with E-state index < -0.39 is 0 Å². The Hall–Kier alpha value is -3.72. The molecule has 0 N–H and O–H groups in total. The first-order valence-electron chi connectivity index (χ1n) is 19.0. The van der Waals surface area contributed by atoms with Gasteiger partial charge in [-0.2, -0.15) is 0 Å². The molecule has 0 saturated heterocycles. The Morgan fingerprint density at radius 3 is 0.980 bits per heavy atom. The maximum atomic E-state index is 3.58. The molecule has 0 spiro atoms. The fraction of sp³-hybridized carbons (Fsp3) is 0.265. The summed E-state index contributed by atoms with van der Waals surface area (Å²) in [6.07, 6.45) is 12.7. The summed E-state index contributed by atoms with van der Waals surface area (Å²) in [4.78, 5) is 0. The van der Waals surface area contributed by atoms with Crippen molar-refractivity contribution in [3.63, 3.8) is 0 Å². The summed E-state index contributed by atoms with van der Waals surface area (Å²) in [7, 11) is 0. The van der Waals surface area contributed by atoms with Gasteiger partial charge in [0.25, 0.3) is 0 Å². The fourth-order valence-corrected chi connectivity index (χ4v) is 8.75. The minimum absolute atomic E-state index is 0.0207. The third kappa shape index (κ3) is 7.74. The van der Waals surface area contributed by atoms with Crippen molar-refractivity contribution < 1.29 is 0 Å². The Kier molecular flexibility index (Phi) is 11.4. The Labute approximate surface area is 322 Å². The molecule has 0 fully saturated rings. The molecule has 6 aromatic rings. The van der Waals surface area contributed by atoms with Crippen LogP contribution in [0.25, 0.3) is 55.6 Å². The number of hydrogen-bond acceptors (Lipinski definition) is 0. The van der Waals surface area contributed by atoms with Gasteiger partial charge in [-0.05, 0) is 116 Å². The molecule has 6 aromatic carbocycles. The van der Waals surface area contributed by atoms with Gasteiger partial charge in [-0.1, -0.05) is 194 Å². The predicted molar refractivity (Wildman–Crippen MR) is 227 cm³/mol. The quantitative estimate of drug-likeness (QED) is 0.0963. The van der Waals surface area contributed by atoms with E-state index in [-0.39, 0.29) is 5.41 Å². The van der Waals surface area contributed by atoms with Crippen molar-refractivity contribution >= 4 is 31.9 Å². The van der Waals surface area contributed by atoms with E-state index in [0.717, 1.165) is 8.95 Å². The van der Waals surface area contributed by atoms with Crippen LogP contribution in [0.5, 0.6) is 0 Å². The molecule has 0 aliphatic heterocycles. The van der Waals surface area contributed by atoms with Gasteiger partial charge in [0, 0.05) is 14.4 Å². The molecule has 1 aliphatic rings. The van der Waals surface area contributed by atoms with Crippen LogP contribution in [-0.2, 0) is 5.41 Å². The molecule has 0 nitrogen and oxygen atoms in total. The second-order valence-electron chi connectivity index (χ2n) is 14.4. The molecule has 0 heterocycles. The van der Waals surface area contributed by atoms with E-state index in [2.05, 4.69) is 179 Å². The van der Waals surface area contributed by atoms with Crippen molar-refractivity contribution in [2.45, 2.75) is 83.5 Å². The van der Waals surface area contributed by atoms with Gasteiger partial charge < -0.3 is 0 Å². The summed E-state index contributed by atoms with van der Waals surface area (Å²) in [6, 6.07) is 50.2. The van der Waals surface area contributed by atoms with Crippen LogP contribution in [0.4, 0.5) is 0 Å². The summed E-state index contributed by atoms with van der Waals surface area (Å²) < 4.78 is 2.22. The van der Waals surface area contributed by atoms with Gasteiger partial charge in [0.2, 0.25) is 0 Å². The maximum Gasteiger partial charge on any atom is 0.0215 e. The SMILES string of the molecule is CCCCCCC1(CCCCCC)c2cc(-c3ccc(-c4ccc(Br)cc4)cc3)ccc2-c2ccc(-c3ccc(-c4ccc(Br)cc4)cc3)cc21. The largest absolute Gasteiger partial charge is 0.0654 e. The normalized spacial score (nSPS) is 12.9. The molecule has 0 unspecified atom stereocenters. The van der Waals surface area contributed by atoms with Gasteiger partial charge in [0.15, 0.2) is 0 Å². The molecular formula is C49H48Br2. The Balaban J connectivity index is 1.28. The maximum absolute atomic E-state index is 3.58. The Morgan fingerprint density at radius 2 is 0.647 bits per heavy atom. The zero-order chi connectivity index (χ0) is 35.2. The summed E-state index contributed by atoms with van der Waals surface area (Å²) in [5.41, 5.74) is 16.2.